The number of benzene rings is 1. The molecule has 1 saturated heterocycles. The van der Waals surface area contributed by atoms with E-state index in [1.54, 1.807) is 12.3 Å². The summed E-state index contributed by atoms with van der Waals surface area (Å²) < 4.78 is 27.8. The van der Waals surface area contributed by atoms with Crippen molar-refractivity contribution in [3.05, 3.63) is 53.2 Å². The molecule has 2 heterocycles. The molecule has 2 aliphatic rings. The summed E-state index contributed by atoms with van der Waals surface area (Å²) in [6, 6.07) is 9.40. The summed E-state index contributed by atoms with van der Waals surface area (Å²) in [7, 11) is -3.49. The number of pyridine rings is 1. The van der Waals surface area contributed by atoms with Crippen molar-refractivity contribution in [2.24, 2.45) is 0 Å². The van der Waals surface area contributed by atoms with Gasteiger partial charge in [-0.1, -0.05) is 12.1 Å². The smallest absolute Gasteiger partial charge is 0.240 e. The Bertz CT molecular complexity index is 857. The first kappa shape index (κ1) is 16.5. The van der Waals surface area contributed by atoms with E-state index in [1.165, 1.54) is 24.0 Å². The highest BCUT2D eigenvalue weighted by molar-refractivity contribution is 7.89. The van der Waals surface area contributed by atoms with Crippen LogP contribution < -0.4 is 9.62 Å². The van der Waals surface area contributed by atoms with Crippen molar-refractivity contribution in [2.45, 2.75) is 43.5 Å². The van der Waals surface area contributed by atoms with Gasteiger partial charge in [-0.2, -0.15) is 0 Å². The van der Waals surface area contributed by atoms with Crippen LogP contribution in [0.1, 0.15) is 36.0 Å². The largest absolute Gasteiger partial charge is 0.357 e. The maximum Gasteiger partial charge on any atom is 0.240 e. The molecular formula is C19H23N3O2S. The van der Waals surface area contributed by atoms with E-state index in [9.17, 15) is 8.42 Å². The Kier molecular flexibility index (Phi) is 4.48. The first-order valence-corrected chi connectivity index (χ1v) is 10.4. The van der Waals surface area contributed by atoms with Gasteiger partial charge in [0, 0.05) is 25.8 Å². The van der Waals surface area contributed by atoms with E-state index in [1.807, 2.05) is 24.3 Å². The molecule has 132 valence electrons. The minimum absolute atomic E-state index is 0.257. The lowest BCUT2D eigenvalue weighted by atomic mass is 10.1. The van der Waals surface area contributed by atoms with Gasteiger partial charge in [-0.3, -0.25) is 0 Å². The number of aromatic nitrogens is 1. The molecule has 0 unspecified atom stereocenters. The highest BCUT2D eigenvalue weighted by atomic mass is 32.2. The van der Waals surface area contributed by atoms with Crippen LogP contribution >= 0.6 is 0 Å². The highest BCUT2D eigenvalue weighted by Gasteiger charge is 2.18. The van der Waals surface area contributed by atoms with E-state index in [-0.39, 0.29) is 6.54 Å². The fraction of sp³-hybridized carbons (Fsp3) is 0.421. The number of aryl methyl sites for hydroxylation is 2. The minimum Gasteiger partial charge on any atom is -0.357 e. The summed E-state index contributed by atoms with van der Waals surface area (Å²) in [6.07, 6.45) is 7.33. The number of nitrogens with one attached hydrogen (secondary N) is 1. The zero-order valence-corrected chi connectivity index (χ0v) is 15.1. The third-order valence-electron chi connectivity index (χ3n) is 5.09. The number of hydrogen-bond donors (Lipinski definition) is 1. The van der Waals surface area contributed by atoms with Gasteiger partial charge in [0.25, 0.3) is 0 Å². The van der Waals surface area contributed by atoms with E-state index >= 15 is 0 Å². The number of sulfonamides is 1. The first-order valence-electron chi connectivity index (χ1n) is 8.93. The summed E-state index contributed by atoms with van der Waals surface area (Å²) in [5.41, 5.74) is 3.31. The molecular weight excluding hydrogens is 334 g/mol. The summed E-state index contributed by atoms with van der Waals surface area (Å²) in [6.45, 7) is 2.36. The zero-order chi connectivity index (χ0) is 17.3. The Hall–Kier alpha value is -1.92. The number of hydrogen-bond acceptors (Lipinski definition) is 4. The van der Waals surface area contributed by atoms with Crippen molar-refractivity contribution < 1.29 is 8.42 Å². The standard InChI is InChI=1S/C19H23N3O2S/c23-25(24,18-8-7-16-4-3-5-17(16)12-18)21-14-15-6-9-19(20-13-15)22-10-1-2-11-22/h6-9,12-13,21H,1-5,10-11,14H2. The van der Waals surface area contributed by atoms with Crippen LogP contribution in [0.25, 0.3) is 0 Å². The van der Waals surface area contributed by atoms with Gasteiger partial charge < -0.3 is 4.90 Å². The van der Waals surface area contributed by atoms with Gasteiger partial charge in [0.2, 0.25) is 10.0 Å². The van der Waals surface area contributed by atoms with Crippen LogP contribution in [-0.4, -0.2) is 26.5 Å². The van der Waals surface area contributed by atoms with Crippen molar-refractivity contribution in [2.75, 3.05) is 18.0 Å². The molecule has 4 rings (SSSR count). The highest BCUT2D eigenvalue weighted by Crippen LogP contribution is 2.25. The maximum atomic E-state index is 12.5. The second-order valence-electron chi connectivity index (χ2n) is 6.83. The molecule has 6 heteroatoms. The predicted molar refractivity (Wildman–Crippen MR) is 98.2 cm³/mol. The Balaban J connectivity index is 1.43. The van der Waals surface area contributed by atoms with Crippen molar-refractivity contribution in [1.82, 2.24) is 9.71 Å². The molecule has 2 aromatic rings. The Morgan fingerprint density at radius 1 is 1.00 bits per heavy atom. The average Bonchev–Trinajstić information content (AvgIpc) is 3.31. The first-order chi connectivity index (χ1) is 12.1. The van der Waals surface area contributed by atoms with E-state index < -0.39 is 10.0 Å². The normalized spacial score (nSPS) is 17.0. The van der Waals surface area contributed by atoms with Gasteiger partial charge in [-0.05, 0) is 67.0 Å². The SMILES string of the molecule is O=S(=O)(NCc1ccc(N2CCCC2)nc1)c1ccc2c(c1)CCC2. The van der Waals surface area contributed by atoms with Crippen LogP contribution in [0.15, 0.2) is 41.4 Å². The summed E-state index contributed by atoms with van der Waals surface area (Å²) in [4.78, 5) is 7.09. The van der Waals surface area contributed by atoms with Crippen LogP contribution in [-0.2, 0) is 29.4 Å². The second-order valence-corrected chi connectivity index (χ2v) is 8.59. The maximum absolute atomic E-state index is 12.5. The third kappa shape index (κ3) is 3.55. The summed E-state index contributed by atoms with van der Waals surface area (Å²) >= 11 is 0. The van der Waals surface area contributed by atoms with Crippen LogP contribution in [0.4, 0.5) is 5.82 Å². The zero-order valence-electron chi connectivity index (χ0n) is 14.2. The Morgan fingerprint density at radius 2 is 1.80 bits per heavy atom. The molecule has 25 heavy (non-hydrogen) atoms. The number of fused-ring (bicyclic) bond motifs is 1. The van der Waals surface area contributed by atoms with Crippen molar-refractivity contribution in [3.8, 4) is 0 Å². The fourth-order valence-electron chi connectivity index (χ4n) is 3.63. The van der Waals surface area contributed by atoms with Crippen LogP contribution in [0.2, 0.25) is 0 Å². The summed E-state index contributed by atoms with van der Waals surface area (Å²) in [5, 5.41) is 0. The van der Waals surface area contributed by atoms with E-state index in [4.69, 9.17) is 0 Å². The Morgan fingerprint density at radius 3 is 2.56 bits per heavy atom. The van der Waals surface area contributed by atoms with Gasteiger partial charge in [-0.15, -0.1) is 0 Å². The van der Waals surface area contributed by atoms with Crippen molar-refractivity contribution >= 4 is 15.8 Å². The van der Waals surface area contributed by atoms with Crippen molar-refractivity contribution in [1.29, 1.82) is 0 Å². The van der Waals surface area contributed by atoms with Crippen LogP contribution in [0, 0.1) is 0 Å². The number of nitrogens with zero attached hydrogens (tertiary/aromatic N) is 2. The lowest BCUT2D eigenvalue weighted by Gasteiger charge is -2.16. The third-order valence-corrected chi connectivity index (χ3v) is 6.48. The molecule has 0 saturated carbocycles. The lowest BCUT2D eigenvalue weighted by molar-refractivity contribution is 0.581. The molecule has 5 nitrogen and oxygen atoms in total. The molecule has 1 N–H and O–H groups in total. The monoisotopic (exact) mass is 357 g/mol. The number of anilines is 1. The molecule has 1 aliphatic carbocycles. The topological polar surface area (TPSA) is 62.3 Å². The molecule has 0 radical (unpaired) electrons. The van der Waals surface area contributed by atoms with Crippen LogP contribution in [0.3, 0.4) is 0 Å². The minimum atomic E-state index is -3.49. The lowest BCUT2D eigenvalue weighted by Crippen LogP contribution is -2.24. The molecule has 0 amide bonds. The molecule has 0 bridgehead atoms. The molecule has 1 fully saturated rings. The average molecular weight is 357 g/mol. The van der Waals surface area contributed by atoms with Gasteiger partial charge in [0.15, 0.2) is 0 Å². The summed E-state index contributed by atoms with van der Waals surface area (Å²) in [5.74, 6) is 0.975. The molecule has 0 atom stereocenters. The van der Waals surface area contributed by atoms with Gasteiger partial charge in [0.1, 0.15) is 5.82 Å². The fourth-order valence-corrected chi connectivity index (χ4v) is 4.70. The molecule has 1 aromatic heterocycles. The van der Waals surface area contributed by atoms with E-state index in [2.05, 4.69) is 14.6 Å². The molecule has 1 aliphatic heterocycles. The van der Waals surface area contributed by atoms with E-state index in [0.29, 0.717) is 4.90 Å². The van der Waals surface area contributed by atoms with Gasteiger partial charge >= 0.3 is 0 Å². The second kappa shape index (κ2) is 6.77. The van der Waals surface area contributed by atoms with Gasteiger partial charge in [-0.25, -0.2) is 18.1 Å². The van der Waals surface area contributed by atoms with Crippen LogP contribution in [0.5, 0.6) is 0 Å². The number of rotatable bonds is 5. The quantitative estimate of drug-likeness (QED) is 0.894. The molecule has 0 spiro atoms. The van der Waals surface area contributed by atoms with Crippen molar-refractivity contribution in [3.63, 3.8) is 0 Å². The Labute approximate surface area is 149 Å². The predicted octanol–water partition coefficient (Wildman–Crippen LogP) is 2.65. The van der Waals surface area contributed by atoms with E-state index in [0.717, 1.165) is 43.7 Å². The molecule has 1 aromatic carbocycles. The van der Waals surface area contributed by atoms with Gasteiger partial charge in [0.05, 0.1) is 4.90 Å².